The van der Waals surface area contributed by atoms with Crippen molar-refractivity contribution in [3.8, 4) is 11.6 Å². The van der Waals surface area contributed by atoms with Gasteiger partial charge in [0.15, 0.2) is 16.6 Å². The van der Waals surface area contributed by atoms with E-state index in [1.54, 1.807) is 37.4 Å². The van der Waals surface area contributed by atoms with Crippen LogP contribution >= 0.6 is 11.6 Å². The second-order valence-electron chi connectivity index (χ2n) is 4.95. The lowest BCUT2D eigenvalue weighted by molar-refractivity contribution is 0.0810. The molecule has 0 aliphatic carbocycles. The average Bonchev–Trinajstić information content (AvgIpc) is 3.12. The number of furan rings is 1. The summed E-state index contributed by atoms with van der Waals surface area (Å²) in [6.07, 6.45) is 1.65. The van der Waals surface area contributed by atoms with Crippen molar-refractivity contribution in [2.45, 2.75) is 0 Å². The summed E-state index contributed by atoms with van der Waals surface area (Å²) < 4.78 is 6.73. The van der Waals surface area contributed by atoms with E-state index in [2.05, 4.69) is 16.7 Å². The van der Waals surface area contributed by atoms with Gasteiger partial charge in [-0.3, -0.25) is 4.79 Å². The number of hydrogen-bond acceptors (Lipinski definition) is 5. The average molecular weight is 332 g/mol. The summed E-state index contributed by atoms with van der Waals surface area (Å²) in [7, 11) is 1.69. The molecule has 8 heteroatoms. The fraction of sp³-hybridized carbons (Fsp3) is 0.133. The van der Waals surface area contributed by atoms with Crippen LogP contribution in [0.5, 0.6) is 0 Å². The number of fused-ring (bicyclic) bond motifs is 1. The Morgan fingerprint density at radius 2 is 2.30 bits per heavy atom. The molecule has 0 bridgehead atoms. The van der Waals surface area contributed by atoms with Gasteiger partial charge in [0.2, 0.25) is 5.82 Å². The Balaban J connectivity index is 2.04. The van der Waals surface area contributed by atoms with Gasteiger partial charge in [-0.25, -0.2) is 4.98 Å². The third-order valence-electron chi connectivity index (χ3n) is 3.25. The van der Waals surface area contributed by atoms with E-state index < -0.39 is 0 Å². The number of anilines is 1. The van der Waals surface area contributed by atoms with Gasteiger partial charge in [-0.1, -0.05) is 6.08 Å². The lowest BCUT2D eigenvalue weighted by atomic mass is 10.2. The number of nitrogens with zero attached hydrogens (tertiary/aromatic N) is 4. The van der Waals surface area contributed by atoms with Crippen molar-refractivity contribution in [3.05, 3.63) is 47.7 Å². The largest absolute Gasteiger partial charge is 0.441 e. The summed E-state index contributed by atoms with van der Waals surface area (Å²) in [6, 6.07) is 6.45. The Hall–Kier alpha value is -2.80. The van der Waals surface area contributed by atoms with Gasteiger partial charge in [0, 0.05) is 19.2 Å². The first kappa shape index (κ1) is 15.1. The molecule has 0 aliphatic heterocycles. The highest BCUT2D eigenvalue weighted by Gasteiger charge is 2.16. The van der Waals surface area contributed by atoms with Crippen LogP contribution in [0.2, 0.25) is 5.22 Å². The van der Waals surface area contributed by atoms with Gasteiger partial charge >= 0.3 is 0 Å². The van der Waals surface area contributed by atoms with Gasteiger partial charge in [-0.05, 0) is 35.9 Å². The van der Waals surface area contributed by atoms with Crippen LogP contribution in [0.1, 0.15) is 10.4 Å². The maximum absolute atomic E-state index is 12.3. The molecule has 3 rings (SSSR count). The van der Waals surface area contributed by atoms with Crippen LogP contribution in [0.3, 0.4) is 0 Å². The molecule has 1 amide bonds. The first-order valence-corrected chi connectivity index (χ1v) is 7.15. The Bertz CT molecular complexity index is 899. The lowest BCUT2D eigenvalue weighted by Crippen LogP contribution is -2.27. The summed E-state index contributed by atoms with van der Waals surface area (Å²) in [6.45, 7) is 4.05. The quantitative estimate of drug-likeness (QED) is 0.742. The smallest absolute Gasteiger partial charge is 0.254 e. The molecule has 3 aromatic rings. The van der Waals surface area contributed by atoms with Crippen LogP contribution in [0.4, 0.5) is 5.82 Å². The summed E-state index contributed by atoms with van der Waals surface area (Å²) >= 11 is 5.76. The predicted octanol–water partition coefficient (Wildman–Crippen LogP) is 2.48. The second kappa shape index (κ2) is 5.77. The van der Waals surface area contributed by atoms with Gasteiger partial charge in [0.05, 0.1) is 0 Å². The van der Waals surface area contributed by atoms with Crippen LogP contribution in [0, 0.1) is 0 Å². The van der Waals surface area contributed by atoms with Gasteiger partial charge in [0.1, 0.15) is 5.82 Å². The van der Waals surface area contributed by atoms with Crippen molar-refractivity contribution in [1.82, 2.24) is 19.5 Å². The van der Waals surface area contributed by atoms with Crippen LogP contribution in [-0.2, 0) is 0 Å². The minimum atomic E-state index is -0.176. The van der Waals surface area contributed by atoms with Gasteiger partial charge < -0.3 is 15.1 Å². The van der Waals surface area contributed by atoms with Crippen molar-refractivity contribution in [2.24, 2.45) is 0 Å². The van der Waals surface area contributed by atoms with Crippen LogP contribution in [0.25, 0.3) is 17.2 Å². The number of nitrogen functional groups attached to an aromatic ring is 1. The number of hydrogen-bond donors (Lipinski definition) is 1. The zero-order chi connectivity index (χ0) is 16.6. The lowest BCUT2D eigenvalue weighted by Gasteiger charge is -2.15. The van der Waals surface area contributed by atoms with E-state index in [9.17, 15) is 4.79 Å². The molecule has 2 N–H and O–H groups in total. The molecule has 0 saturated heterocycles. The van der Waals surface area contributed by atoms with E-state index in [-0.39, 0.29) is 11.1 Å². The topological polar surface area (TPSA) is 89.7 Å². The standard InChI is InChI=1S/C15H14ClN5O2/c1-3-6-20(2)15(22)9-7-12(17)21-13(8-9)18-14(19-21)10-4-5-11(16)23-10/h3-5,7-8H,1,6,17H2,2H3. The monoisotopic (exact) mass is 331 g/mol. The molecule has 118 valence electrons. The summed E-state index contributed by atoms with van der Waals surface area (Å²) in [5.74, 6) is 0.890. The van der Waals surface area contributed by atoms with E-state index in [0.29, 0.717) is 35.2 Å². The highest BCUT2D eigenvalue weighted by atomic mass is 35.5. The first-order valence-electron chi connectivity index (χ1n) is 6.78. The number of pyridine rings is 1. The fourth-order valence-corrected chi connectivity index (χ4v) is 2.31. The molecular weight excluding hydrogens is 318 g/mol. The Morgan fingerprint density at radius 1 is 1.52 bits per heavy atom. The normalized spacial score (nSPS) is 10.9. The van der Waals surface area contributed by atoms with Crippen molar-refractivity contribution in [1.29, 1.82) is 0 Å². The molecular formula is C15H14ClN5O2. The molecule has 0 aliphatic rings. The molecule has 0 aromatic carbocycles. The van der Waals surface area contributed by atoms with Crippen LogP contribution in [-0.4, -0.2) is 39.0 Å². The third-order valence-corrected chi connectivity index (χ3v) is 3.46. The van der Waals surface area contributed by atoms with E-state index in [4.69, 9.17) is 21.8 Å². The van der Waals surface area contributed by atoms with E-state index >= 15 is 0 Å². The molecule has 23 heavy (non-hydrogen) atoms. The first-order chi connectivity index (χ1) is 11.0. The molecule has 0 unspecified atom stereocenters. The van der Waals surface area contributed by atoms with Gasteiger partial charge in [0.25, 0.3) is 5.91 Å². The molecule has 0 atom stereocenters. The Labute approximate surface area is 137 Å². The van der Waals surface area contributed by atoms with Crippen molar-refractivity contribution < 1.29 is 9.21 Å². The molecule has 3 aromatic heterocycles. The number of amides is 1. The van der Waals surface area contributed by atoms with E-state index in [1.807, 2.05) is 0 Å². The number of halogens is 1. The summed E-state index contributed by atoms with van der Waals surface area (Å²) in [4.78, 5) is 18.2. The minimum absolute atomic E-state index is 0.176. The molecule has 3 heterocycles. The molecule has 0 fully saturated rings. The van der Waals surface area contributed by atoms with Crippen molar-refractivity contribution >= 4 is 29.0 Å². The Morgan fingerprint density at radius 3 is 2.96 bits per heavy atom. The number of carbonyl (C=O) groups excluding carboxylic acids is 1. The summed E-state index contributed by atoms with van der Waals surface area (Å²) in [5, 5.41) is 4.51. The summed E-state index contributed by atoms with van der Waals surface area (Å²) in [5.41, 5.74) is 6.85. The van der Waals surface area contributed by atoms with Crippen LogP contribution < -0.4 is 5.73 Å². The fourth-order valence-electron chi connectivity index (χ4n) is 2.17. The zero-order valence-corrected chi connectivity index (χ0v) is 13.1. The minimum Gasteiger partial charge on any atom is -0.441 e. The predicted molar refractivity (Wildman–Crippen MR) is 87.3 cm³/mol. The highest BCUT2D eigenvalue weighted by molar-refractivity contribution is 6.28. The molecule has 7 nitrogen and oxygen atoms in total. The maximum Gasteiger partial charge on any atom is 0.254 e. The molecule has 0 saturated carbocycles. The number of likely N-dealkylation sites (N-methyl/N-ethyl adjacent to an activating group) is 1. The zero-order valence-electron chi connectivity index (χ0n) is 12.4. The van der Waals surface area contributed by atoms with Gasteiger partial charge in [-0.2, -0.15) is 4.52 Å². The van der Waals surface area contributed by atoms with Crippen molar-refractivity contribution in [3.63, 3.8) is 0 Å². The Kier molecular flexibility index (Phi) is 3.79. The van der Waals surface area contributed by atoms with Gasteiger partial charge in [-0.15, -0.1) is 11.7 Å². The number of nitrogens with two attached hydrogens (primary N) is 1. The maximum atomic E-state index is 12.3. The van der Waals surface area contributed by atoms with Crippen LogP contribution in [0.15, 0.2) is 41.3 Å². The number of rotatable bonds is 4. The van der Waals surface area contributed by atoms with E-state index in [1.165, 1.54) is 9.42 Å². The second-order valence-corrected chi connectivity index (χ2v) is 5.32. The molecule has 0 radical (unpaired) electrons. The third kappa shape index (κ3) is 2.78. The highest BCUT2D eigenvalue weighted by Crippen LogP contribution is 2.23. The SMILES string of the molecule is C=CCN(C)C(=O)c1cc(N)n2nc(-c3ccc(Cl)o3)nc2c1. The van der Waals surface area contributed by atoms with E-state index in [0.717, 1.165) is 0 Å². The number of carbonyl (C=O) groups is 1. The number of aromatic nitrogens is 3. The molecule has 0 spiro atoms. The van der Waals surface area contributed by atoms with Crippen molar-refractivity contribution in [2.75, 3.05) is 19.3 Å².